The molecule has 5 rings (SSSR count). The van der Waals surface area contributed by atoms with Crippen LogP contribution >= 0.6 is 0 Å². The van der Waals surface area contributed by atoms with Crippen molar-refractivity contribution in [3.8, 4) is 6.07 Å². The highest BCUT2D eigenvalue weighted by Crippen LogP contribution is 2.36. The number of aromatic amines is 1. The van der Waals surface area contributed by atoms with Crippen molar-refractivity contribution < 1.29 is 27.2 Å². The Labute approximate surface area is 224 Å². The van der Waals surface area contributed by atoms with Gasteiger partial charge in [0.2, 0.25) is 0 Å². The number of nitrogens with one attached hydrogen (secondary N) is 5. The van der Waals surface area contributed by atoms with Gasteiger partial charge in [0.15, 0.2) is 0 Å². The smallest absolute Gasteiger partial charge is 0.362 e. The van der Waals surface area contributed by atoms with E-state index >= 15 is 0 Å². The number of urea groups is 1. The van der Waals surface area contributed by atoms with Crippen molar-refractivity contribution in [2.24, 2.45) is 0 Å². The number of fused-ring (bicyclic) bond motifs is 1. The van der Waals surface area contributed by atoms with Crippen LogP contribution < -0.4 is 21.3 Å². The zero-order valence-corrected chi connectivity index (χ0v) is 20.3. The summed E-state index contributed by atoms with van der Waals surface area (Å²) in [7, 11) is 0. The van der Waals surface area contributed by atoms with Gasteiger partial charge in [-0.05, 0) is 66.7 Å². The number of benzene rings is 3. The fourth-order valence-electron chi connectivity index (χ4n) is 4.13. The van der Waals surface area contributed by atoms with Crippen molar-refractivity contribution in [2.75, 3.05) is 21.3 Å². The lowest BCUT2D eigenvalue weighted by molar-refractivity contribution is -0.137. The van der Waals surface area contributed by atoms with Crippen LogP contribution in [-0.2, 0) is 11.0 Å². The van der Waals surface area contributed by atoms with Crippen molar-refractivity contribution in [3.63, 3.8) is 0 Å². The highest BCUT2D eigenvalue weighted by molar-refractivity contribution is 6.35. The van der Waals surface area contributed by atoms with E-state index in [0.29, 0.717) is 40.3 Å². The number of nitriles is 1. The first kappa shape index (κ1) is 26.1. The molecule has 0 saturated heterocycles. The van der Waals surface area contributed by atoms with Gasteiger partial charge in [-0.2, -0.15) is 18.4 Å². The number of carbonyl (C=O) groups excluding carboxylic acids is 2. The fourth-order valence-corrected chi connectivity index (χ4v) is 4.13. The summed E-state index contributed by atoms with van der Waals surface area (Å²) in [5, 5.41) is 19.9. The number of hydrogen-bond donors (Lipinski definition) is 5. The van der Waals surface area contributed by atoms with Crippen LogP contribution in [-0.4, -0.2) is 16.9 Å². The number of nitrogens with zero attached hydrogens (tertiary/aromatic N) is 1. The van der Waals surface area contributed by atoms with Crippen LogP contribution in [0, 0.1) is 17.1 Å². The standard InChI is InChI=1S/C28H18F4N6O2/c29-17-8-16(28(30,31)32)9-22(10-17)37-27(40)36-21-7-15(14-33)6-20(11-21)35-19-3-4-23-24(12-18-2-1-5-34-18)26(39)38-25(23)13-19/h1-13,34-35H,(H,38,39)(H2,36,37,40)/b24-12-. The quantitative estimate of drug-likeness (QED) is 0.138. The summed E-state index contributed by atoms with van der Waals surface area (Å²) in [6, 6.07) is 15.9. The molecule has 40 heavy (non-hydrogen) atoms. The number of carbonyl (C=O) groups is 2. The molecule has 3 aromatic carbocycles. The number of anilines is 5. The molecule has 2 heterocycles. The molecule has 1 aliphatic rings. The molecule has 0 atom stereocenters. The molecule has 1 aromatic heterocycles. The van der Waals surface area contributed by atoms with Crippen LogP contribution in [0.3, 0.4) is 0 Å². The van der Waals surface area contributed by atoms with E-state index in [1.807, 2.05) is 18.2 Å². The van der Waals surface area contributed by atoms with Crippen LogP contribution in [0.5, 0.6) is 0 Å². The van der Waals surface area contributed by atoms with Gasteiger partial charge >= 0.3 is 12.2 Å². The van der Waals surface area contributed by atoms with Crippen molar-refractivity contribution >= 4 is 52.0 Å². The molecule has 3 amide bonds. The van der Waals surface area contributed by atoms with Gasteiger partial charge in [0.1, 0.15) is 5.82 Å². The average molecular weight is 546 g/mol. The summed E-state index contributed by atoms with van der Waals surface area (Å²) in [6.45, 7) is 0. The molecule has 0 spiro atoms. The van der Waals surface area contributed by atoms with E-state index in [9.17, 15) is 32.4 Å². The Hall–Kier alpha value is -5.57. The lowest BCUT2D eigenvalue weighted by atomic mass is 10.1. The van der Waals surface area contributed by atoms with E-state index in [2.05, 4.69) is 26.3 Å². The van der Waals surface area contributed by atoms with E-state index in [1.165, 1.54) is 18.2 Å². The third kappa shape index (κ3) is 5.78. The van der Waals surface area contributed by atoms with Gasteiger partial charge in [0.25, 0.3) is 5.91 Å². The minimum atomic E-state index is -4.79. The first-order chi connectivity index (χ1) is 19.1. The number of H-pyrrole nitrogens is 1. The topological polar surface area (TPSA) is 122 Å². The molecule has 1 aliphatic heterocycles. The Morgan fingerprint density at radius 3 is 2.38 bits per heavy atom. The van der Waals surface area contributed by atoms with Gasteiger partial charge in [0.05, 0.1) is 28.5 Å². The third-order valence-corrected chi connectivity index (χ3v) is 5.82. The largest absolute Gasteiger partial charge is 0.416 e. The molecule has 0 radical (unpaired) electrons. The van der Waals surface area contributed by atoms with Gasteiger partial charge < -0.3 is 26.3 Å². The molecular formula is C28H18F4N6O2. The van der Waals surface area contributed by atoms with Gasteiger partial charge in [-0.1, -0.05) is 6.07 Å². The van der Waals surface area contributed by atoms with Crippen molar-refractivity contribution in [1.29, 1.82) is 5.26 Å². The molecular weight excluding hydrogens is 528 g/mol. The summed E-state index contributed by atoms with van der Waals surface area (Å²) in [6.07, 6.45) is -1.31. The highest BCUT2D eigenvalue weighted by atomic mass is 19.4. The lowest BCUT2D eigenvalue weighted by Crippen LogP contribution is -2.20. The molecule has 12 heteroatoms. The van der Waals surface area contributed by atoms with Gasteiger partial charge in [0, 0.05) is 40.2 Å². The second-order valence-electron chi connectivity index (χ2n) is 8.74. The molecule has 8 nitrogen and oxygen atoms in total. The summed E-state index contributed by atoms with van der Waals surface area (Å²) in [5.74, 6) is -1.42. The monoisotopic (exact) mass is 546 g/mol. The van der Waals surface area contributed by atoms with Gasteiger partial charge in [-0.3, -0.25) is 4.79 Å². The second kappa shape index (κ2) is 10.3. The van der Waals surface area contributed by atoms with Crippen LogP contribution in [0.1, 0.15) is 22.4 Å². The van der Waals surface area contributed by atoms with Crippen molar-refractivity contribution in [1.82, 2.24) is 4.98 Å². The Kier molecular flexibility index (Phi) is 6.71. The molecule has 0 fully saturated rings. The maximum absolute atomic E-state index is 13.7. The summed E-state index contributed by atoms with van der Waals surface area (Å²) >= 11 is 0. The molecule has 0 aliphatic carbocycles. The minimum Gasteiger partial charge on any atom is -0.362 e. The number of halogens is 4. The average Bonchev–Trinajstić information content (AvgIpc) is 3.50. The number of hydrogen-bond acceptors (Lipinski definition) is 4. The van der Waals surface area contributed by atoms with Crippen LogP contribution in [0.25, 0.3) is 11.6 Å². The van der Waals surface area contributed by atoms with Crippen molar-refractivity contribution in [2.45, 2.75) is 6.18 Å². The maximum atomic E-state index is 13.7. The lowest BCUT2D eigenvalue weighted by Gasteiger charge is -2.13. The zero-order valence-electron chi connectivity index (χ0n) is 20.3. The molecule has 0 saturated carbocycles. The Balaban J connectivity index is 1.33. The normalized spacial score (nSPS) is 13.4. The van der Waals surface area contributed by atoms with E-state index in [-0.39, 0.29) is 17.2 Å². The molecule has 4 aromatic rings. The summed E-state index contributed by atoms with van der Waals surface area (Å²) in [4.78, 5) is 28.0. The third-order valence-electron chi connectivity index (χ3n) is 5.82. The van der Waals surface area contributed by atoms with E-state index in [0.717, 1.165) is 11.8 Å². The van der Waals surface area contributed by atoms with Gasteiger partial charge in [-0.25, -0.2) is 9.18 Å². The van der Waals surface area contributed by atoms with Crippen LogP contribution in [0.4, 0.5) is 50.8 Å². The molecule has 200 valence electrons. The van der Waals surface area contributed by atoms with Crippen LogP contribution in [0.2, 0.25) is 0 Å². The maximum Gasteiger partial charge on any atom is 0.416 e. The fraction of sp³-hybridized carbons (Fsp3) is 0.0357. The number of amides is 3. The second-order valence-corrected chi connectivity index (χ2v) is 8.74. The predicted molar refractivity (Wildman–Crippen MR) is 142 cm³/mol. The Bertz CT molecular complexity index is 1700. The summed E-state index contributed by atoms with van der Waals surface area (Å²) < 4.78 is 52.6. The van der Waals surface area contributed by atoms with E-state index in [1.54, 1.807) is 30.5 Å². The molecule has 0 unspecified atom stereocenters. The van der Waals surface area contributed by atoms with E-state index in [4.69, 9.17) is 0 Å². The van der Waals surface area contributed by atoms with Crippen molar-refractivity contribution in [3.05, 3.63) is 101 Å². The SMILES string of the molecule is N#Cc1cc(NC(=O)Nc2cc(F)cc(C(F)(F)F)c2)cc(Nc2ccc3c(c2)NC(=O)/C3=C\c2ccc[nH]2)c1. The molecule has 0 bridgehead atoms. The highest BCUT2D eigenvalue weighted by Gasteiger charge is 2.31. The summed E-state index contributed by atoms with van der Waals surface area (Å²) in [5.41, 5.74) is 2.22. The number of rotatable bonds is 5. The van der Waals surface area contributed by atoms with Crippen LogP contribution in [0.15, 0.2) is 72.9 Å². The first-order valence-corrected chi connectivity index (χ1v) is 11.7. The predicted octanol–water partition coefficient (Wildman–Crippen LogP) is 6.92. The Morgan fingerprint density at radius 1 is 0.925 bits per heavy atom. The number of aromatic nitrogens is 1. The van der Waals surface area contributed by atoms with E-state index < -0.39 is 29.3 Å². The Morgan fingerprint density at radius 2 is 1.68 bits per heavy atom. The minimum absolute atomic E-state index is 0.150. The van der Waals surface area contributed by atoms with Gasteiger partial charge in [-0.15, -0.1) is 0 Å². The first-order valence-electron chi connectivity index (χ1n) is 11.7. The zero-order chi connectivity index (χ0) is 28.4. The number of alkyl halides is 3. The molecule has 5 N–H and O–H groups in total.